The molecule has 0 amide bonds. The van der Waals surface area contributed by atoms with Crippen LogP contribution in [-0.4, -0.2) is 11.0 Å². The fourth-order valence-corrected chi connectivity index (χ4v) is 5.47. The Balaban J connectivity index is 1.98. The van der Waals surface area contributed by atoms with E-state index in [4.69, 9.17) is 4.98 Å². The van der Waals surface area contributed by atoms with Gasteiger partial charge in [-0.05, 0) is 51.9 Å². The maximum Gasteiger partial charge on any atom is 0.114 e. The minimum absolute atomic E-state index is 0.178. The van der Waals surface area contributed by atoms with Gasteiger partial charge in [0.25, 0.3) is 0 Å². The molecule has 3 rings (SSSR count). The Bertz CT molecular complexity index is 430. The van der Waals surface area contributed by atoms with E-state index in [0.717, 1.165) is 5.92 Å². The number of thiazole rings is 1. The largest absolute Gasteiger partial charge is 0.303 e. The van der Waals surface area contributed by atoms with Crippen LogP contribution in [0.1, 0.15) is 68.5 Å². The van der Waals surface area contributed by atoms with Gasteiger partial charge in [0.15, 0.2) is 0 Å². The first-order valence-corrected chi connectivity index (χ1v) is 8.74. The number of hydrogen-bond donors (Lipinski definition) is 1. The molecule has 1 N–H and O–H groups in total. The molecule has 0 spiro atoms. The van der Waals surface area contributed by atoms with Gasteiger partial charge in [0.2, 0.25) is 0 Å². The van der Waals surface area contributed by atoms with Crippen LogP contribution >= 0.6 is 11.3 Å². The Morgan fingerprint density at radius 3 is 2.89 bits per heavy atom. The normalized spacial score (nSPS) is 30.2. The Morgan fingerprint density at radius 2 is 2.21 bits per heavy atom. The van der Waals surface area contributed by atoms with E-state index in [0.29, 0.717) is 6.04 Å². The number of aromatic nitrogens is 1. The Kier molecular flexibility index (Phi) is 3.69. The zero-order valence-corrected chi connectivity index (χ0v) is 13.3. The first kappa shape index (κ1) is 13.6. The minimum Gasteiger partial charge on any atom is -0.303 e. The summed E-state index contributed by atoms with van der Waals surface area (Å²) in [6, 6.07) is 0.533. The molecule has 0 aromatic carbocycles. The zero-order chi connectivity index (χ0) is 13.5. The number of nitrogens with zero attached hydrogens (tertiary/aromatic N) is 1. The van der Waals surface area contributed by atoms with Gasteiger partial charge in [-0.3, -0.25) is 0 Å². The smallest absolute Gasteiger partial charge is 0.114 e. The summed E-state index contributed by atoms with van der Waals surface area (Å²) in [5.74, 6) is 0.765. The van der Waals surface area contributed by atoms with Gasteiger partial charge in [0.05, 0.1) is 11.2 Å². The molecule has 0 aliphatic heterocycles. The first-order chi connectivity index (χ1) is 9.15. The predicted octanol–water partition coefficient (Wildman–Crippen LogP) is 4.04. The number of rotatable bonds is 4. The van der Waals surface area contributed by atoms with Gasteiger partial charge < -0.3 is 5.32 Å². The number of nitrogens with one attached hydrogen (secondary N) is 1. The average molecular weight is 278 g/mol. The number of fused-ring (bicyclic) bond motifs is 1. The van der Waals surface area contributed by atoms with Gasteiger partial charge in [-0.2, -0.15) is 0 Å². The maximum absolute atomic E-state index is 5.05. The Hall–Kier alpha value is -0.410. The molecule has 2 aliphatic rings. The number of hydrogen-bond acceptors (Lipinski definition) is 3. The lowest BCUT2D eigenvalue weighted by molar-refractivity contribution is 0.221. The summed E-state index contributed by atoms with van der Waals surface area (Å²) >= 11 is 2.01. The van der Waals surface area contributed by atoms with Crippen molar-refractivity contribution in [3.05, 3.63) is 15.6 Å². The average Bonchev–Trinajstić information content (AvgIpc) is 2.99. The van der Waals surface area contributed by atoms with Gasteiger partial charge in [0, 0.05) is 10.9 Å². The highest BCUT2D eigenvalue weighted by Gasteiger charge is 2.46. The highest BCUT2D eigenvalue weighted by atomic mass is 32.1. The van der Waals surface area contributed by atoms with Gasteiger partial charge in [-0.25, -0.2) is 4.98 Å². The molecule has 3 heteroatoms. The Morgan fingerprint density at radius 1 is 1.37 bits per heavy atom. The van der Waals surface area contributed by atoms with Crippen LogP contribution in [0.25, 0.3) is 0 Å². The fourth-order valence-electron chi connectivity index (χ4n) is 4.06. The molecule has 106 valence electrons. The van der Waals surface area contributed by atoms with Crippen molar-refractivity contribution in [1.82, 2.24) is 10.3 Å². The van der Waals surface area contributed by atoms with E-state index in [2.05, 4.69) is 26.1 Å². The third-order valence-corrected chi connectivity index (χ3v) is 6.17. The monoisotopic (exact) mass is 278 g/mol. The van der Waals surface area contributed by atoms with Crippen molar-refractivity contribution in [1.29, 1.82) is 0 Å². The summed E-state index contributed by atoms with van der Waals surface area (Å²) in [7, 11) is 0. The standard InChI is InChI=1S/C16H26N2S/c1-4-12-7-6-10-16(12,18-11(2)3)15-17-13-8-5-9-14(13)19-15/h11-12,18H,4-10H2,1-3H3. The predicted molar refractivity (Wildman–Crippen MR) is 81.7 cm³/mol. The lowest BCUT2D eigenvalue weighted by Crippen LogP contribution is -2.48. The van der Waals surface area contributed by atoms with E-state index < -0.39 is 0 Å². The molecule has 1 heterocycles. The third kappa shape index (κ3) is 2.25. The molecule has 1 aromatic rings. The van der Waals surface area contributed by atoms with E-state index in [1.807, 2.05) is 11.3 Å². The SMILES string of the molecule is CCC1CCCC1(NC(C)C)c1nc2c(s1)CCC2. The van der Waals surface area contributed by atoms with Crippen LogP contribution in [0.4, 0.5) is 0 Å². The molecule has 1 saturated carbocycles. The van der Waals surface area contributed by atoms with Crippen molar-refractivity contribution in [3.8, 4) is 0 Å². The minimum atomic E-state index is 0.178. The second-order valence-electron chi connectivity index (χ2n) is 6.51. The number of aryl methyl sites for hydroxylation is 2. The highest BCUT2D eigenvalue weighted by molar-refractivity contribution is 7.12. The van der Waals surface area contributed by atoms with E-state index in [1.165, 1.54) is 55.6 Å². The van der Waals surface area contributed by atoms with Crippen LogP contribution in [0, 0.1) is 5.92 Å². The topological polar surface area (TPSA) is 24.9 Å². The summed E-state index contributed by atoms with van der Waals surface area (Å²) in [6.45, 7) is 6.89. The Labute approximate surface area is 121 Å². The van der Waals surface area contributed by atoms with Crippen molar-refractivity contribution in [2.45, 2.75) is 77.3 Å². The molecular formula is C16H26N2S. The molecule has 0 bridgehead atoms. The molecule has 0 radical (unpaired) electrons. The second-order valence-corrected chi connectivity index (χ2v) is 7.59. The second kappa shape index (κ2) is 5.17. The van der Waals surface area contributed by atoms with E-state index in [1.54, 1.807) is 4.88 Å². The van der Waals surface area contributed by atoms with E-state index >= 15 is 0 Å². The molecule has 0 saturated heterocycles. The van der Waals surface area contributed by atoms with E-state index in [9.17, 15) is 0 Å². The van der Waals surface area contributed by atoms with Crippen LogP contribution in [0.5, 0.6) is 0 Å². The molecule has 19 heavy (non-hydrogen) atoms. The van der Waals surface area contributed by atoms with Gasteiger partial charge in [0.1, 0.15) is 5.01 Å². The van der Waals surface area contributed by atoms with Gasteiger partial charge in [-0.15, -0.1) is 11.3 Å². The van der Waals surface area contributed by atoms with Crippen LogP contribution in [0.15, 0.2) is 0 Å². The van der Waals surface area contributed by atoms with Crippen molar-refractivity contribution in [2.75, 3.05) is 0 Å². The maximum atomic E-state index is 5.05. The van der Waals surface area contributed by atoms with Gasteiger partial charge in [-0.1, -0.05) is 19.8 Å². The van der Waals surface area contributed by atoms with Gasteiger partial charge >= 0.3 is 0 Å². The molecule has 2 unspecified atom stereocenters. The van der Waals surface area contributed by atoms with Crippen LogP contribution in [-0.2, 0) is 18.4 Å². The van der Waals surface area contributed by atoms with Crippen LogP contribution in [0.3, 0.4) is 0 Å². The third-order valence-electron chi connectivity index (χ3n) is 4.84. The summed E-state index contributed by atoms with van der Waals surface area (Å²) < 4.78 is 0. The van der Waals surface area contributed by atoms with Crippen molar-refractivity contribution >= 4 is 11.3 Å². The van der Waals surface area contributed by atoms with E-state index in [-0.39, 0.29) is 5.54 Å². The molecule has 1 fully saturated rings. The molecule has 2 atom stereocenters. The molecule has 2 nitrogen and oxygen atoms in total. The first-order valence-electron chi connectivity index (χ1n) is 7.92. The molecule has 2 aliphatic carbocycles. The molecule has 1 aromatic heterocycles. The summed E-state index contributed by atoms with van der Waals surface area (Å²) in [5, 5.41) is 5.31. The highest BCUT2D eigenvalue weighted by Crippen LogP contribution is 2.48. The lowest BCUT2D eigenvalue weighted by Gasteiger charge is -2.36. The fraction of sp³-hybridized carbons (Fsp3) is 0.812. The summed E-state index contributed by atoms with van der Waals surface area (Å²) in [6.07, 6.45) is 9.04. The summed E-state index contributed by atoms with van der Waals surface area (Å²) in [4.78, 5) is 6.62. The van der Waals surface area contributed by atoms with Crippen molar-refractivity contribution in [2.24, 2.45) is 5.92 Å². The van der Waals surface area contributed by atoms with Crippen molar-refractivity contribution < 1.29 is 0 Å². The quantitative estimate of drug-likeness (QED) is 0.899. The van der Waals surface area contributed by atoms with Crippen LogP contribution in [0.2, 0.25) is 0 Å². The van der Waals surface area contributed by atoms with Crippen LogP contribution < -0.4 is 5.32 Å². The lowest BCUT2D eigenvalue weighted by atomic mass is 9.85. The zero-order valence-electron chi connectivity index (χ0n) is 12.5. The van der Waals surface area contributed by atoms with Crippen molar-refractivity contribution in [3.63, 3.8) is 0 Å². The summed E-state index contributed by atoms with van der Waals surface area (Å²) in [5.41, 5.74) is 1.59. The molecular weight excluding hydrogens is 252 g/mol.